The maximum atomic E-state index is 12.2. The van der Waals surface area contributed by atoms with E-state index in [2.05, 4.69) is 5.32 Å². The lowest BCUT2D eigenvalue weighted by atomic mass is 10.1. The summed E-state index contributed by atoms with van der Waals surface area (Å²) in [4.78, 5) is 48.4. The van der Waals surface area contributed by atoms with Crippen LogP contribution in [0.25, 0.3) is 11.0 Å². The molecule has 0 saturated heterocycles. The summed E-state index contributed by atoms with van der Waals surface area (Å²) in [7, 11) is 0. The Labute approximate surface area is 169 Å². The molecule has 0 radical (unpaired) electrons. The number of carbonyl (C=O) groups is 3. The van der Waals surface area contributed by atoms with Gasteiger partial charge in [0.15, 0.2) is 29.3 Å². The zero-order valence-electron chi connectivity index (χ0n) is 15.7. The fourth-order valence-corrected chi connectivity index (χ4v) is 2.93. The highest BCUT2D eigenvalue weighted by atomic mass is 16.7. The number of fused-ring (bicyclic) bond motifs is 2. The van der Waals surface area contributed by atoms with Crippen LogP contribution in [0.4, 0.5) is 5.69 Å². The van der Waals surface area contributed by atoms with Gasteiger partial charge in [-0.15, -0.1) is 0 Å². The van der Waals surface area contributed by atoms with Gasteiger partial charge in [-0.3, -0.25) is 14.4 Å². The fourth-order valence-electron chi connectivity index (χ4n) is 2.93. The first kappa shape index (κ1) is 19.2. The van der Waals surface area contributed by atoms with Gasteiger partial charge in [0.2, 0.25) is 12.6 Å². The molecule has 2 heterocycles. The molecule has 4 rings (SSSR count). The van der Waals surface area contributed by atoms with Crippen LogP contribution in [0.3, 0.4) is 0 Å². The van der Waals surface area contributed by atoms with E-state index in [4.69, 9.17) is 18.6 Å². The zero-order valence-corrected chi connectivity index (χ0v) is 15.7. The van der Waals surface area contributed by atoms with E-state index in [1.54, 1.807) is 24.3 Å². The van der Waals surface area contributed by atoms with Crippen LogP contribution >= 0.6 is 0 Å². The number of anilines is 1. The van der Waals surface area contributed by atoms with Gasteiger partial charge in [-0.2, -0.15) is 0 Å². The van der Waals surface area contributed by atoms with Crippen LogP contribution in [-0.2, 0) is 9.53 Å². The SMILES string of the molecule is CC(=O)c1cc2c(cc1NC(=O)COC(=O)c1cc(=O)c3ccccc3o1)OCO2. The van der Waals surface area contributed by atoms with Gasteiger partial charge in [0.05, 0.1) is 11.1 Å². The number of carbonyl (C=O) groups excluding carboxylic acids is 3. The molecule has 0 saturated carbocycles. The molecule has 9 nitrogen and oxygen atoms in total. The summed E-state index contributed by atoms with van der Waals surface area (Å²) in [6.45, 7) is 0.703. The summed E-state index contributed by atoms with van der Waals surface area (Å²) >= 11 is 0. The van der Waals surface area contributed by atoms with Gasteiger partial charge in [-0.1, -0.05) is 12.1 Å². The van der Waals surface area contributed by atoms with E-state index >= 15 is 0 Å². The lowest BCUT2D eigenvalue weighted by molar-refractivity contribution is -0.119. The lowest BCUT2D eigenvalue weighted by Crippen LogP contribution is -2.22. The number of hydrogen-bond donors (Lipinski definition) is 1. The highest BCUT2D eigenvalue weighted by Gasteiger charge is 2.21. The summed E-state index contributed by atoms with van der Waals surface area (Å²) in [5, 5.41) is 2.83. The molecule has 1 amide bonds. The Hall–Kier alpha value is -4.14. The normalized spacial score (nSPS) is 11.9. The molecule has 0 atom stereocenters. The zero-order chi connectivity index (χ0) is 21.3. The van der Waals surface area contributed by atoms with Crippen molar-refractivity contribution in [3.8, 4) is 11.5 Å². The Balaban J connectivity index is 1.46. The second kappa shape index (κ2) is 7.70. The average Bonchev–Trinajstić information content (AvgIpc) is 3.18. The molecular formula is C21H15NO8. The number of para-hydroxylation sites is 1. The maximum absolute atomic E-state index is 12.2. The van der Waals surface area contributed by atoms with Crippen molar-refractivity contribution in [2.24, 2.45) is 0 Å². The third kappa shape index (κ3) is 3.72. The van der Waals surface area contributed by atoms with Crippen LogP contribution in [0, 0.1) is 0 Å². The van der Waals surface area contributed by atoms with E-state index < -0.39 is 23.9 Å². The number of ketones is 1. The molecule has 152 valence electrons. The summed E-state index contributed by atoms with van der Waals surface area (Å²) < 4.78 is 20.8. The first-order valence-electron chi connectivity index (χ1n) is 8.87. The highest BCUT2D eigenvalue weighted by molar-refractivity contribution is 6.05. The van der Waals surface area contributed by atoms with E-state index in [0.29, 0.717) is 16.9 Å². The van der Waals surface area contributed by atoms with Crippen molar-refractivity contribution in [3.05, 3.63) is 64.0 Å². The van der Waals surface area contributed by atoms with E-state index in [1.165, 1.54) is 19.1 Å². The topological polar surface area (TPSA) is 121 Å². The van der Waals surface area contributed by atoms with Gasteiger partial charge in [-0.25, -0.2) is 4.79 Å². The molecule has 3 aromatic rings. The van der Waals surface area contributed by atoms with Crippen LogP contribution in [0.1, 0.15) is 27.8 Å². The Morgan fingerprint density at radius 2 is 1.80 bits per heavy atom. The monoisotopic (exact) mass is 409 g/mol. The quantitative estimate of drug-likeness (QED) is 0.504. The molecule has 0 unspecified atom stereocenters. The standard InChI is InChI=1S/C21H15NO8/c1-11(23)13-6-17-18(29-10-28-17)7-14(13)22-20(25)9-27-21(26)19-8-15(24)12-4-2-3-5-16(12)30-19/h2-8H,9-10H2,1H3,(H,22,25). The number of hydrogen-bond acceptors (Lipinski definition) is 8. The van der Waals surface area contributed by atoms with Crippen molar-refractivity contribution in [3.63, 3.8) is 0 Å². The first-order chi connectivity index (χ1) is 14.4. The molecule has 9 heteroatoms. The molecule has 2 aromatic carbocycles. The summed E-state index contributed by atoms with van der Waals surface area (Å²) in [6.07, 6.45) is 0. The molecule has 1 aliphatic rings. The van der Waals surface area contributed by atoms with Crippen LogP contribution in [-0.4, -0.2) is 31.1 Å². The van der Waals surface area contributed by atoms with Gasteiger partial charge in [-0.05, 0) is 25.1 Å². The van der Waals surface area contributed by atoms with Crippen molar-refractivity contribution in [1.82, 2.24) is 0 Å². The van der Waals surface area contributed by atoms with Gasteiger partial charge in [0.1, 0.15) is 5.58 Å². The van der Waals surface area contributed by atoms with E-state index in [0.717, 1.165) is 6.07 Å². The minimum Gasteiger partial charge on any atom is -0.454 e. The number of Topliss-reactive ketones (excluding diaryl/α,β-unsaturated/α-hetero) is 1. The van der Waals surface area contributed by atoms with Crippen LogP contribution in [0.5, 0.6) is 11.5 Å². The summed E-state index contributed by atoms with van der Waals surface area (Å²) in [5.74, 6) is -1.49. The van der Waals surface area contributed by atoms with E-state index in [9.17, 15) is 19.2 Å². The molecule has 1 aromatic heterocycles. The van der Waals surface area contributed by atoms with E-state index in [-0.39, 0.29) is 35.2 Å². The Bertz CT molecular complexity index is 1240. The summed E-state index contributed by atoms with van der Waals surface area (Å²) in [5.41, 5.74) is 0.247. The maximum Gasteiger partial charge on any atom is 0.374 e. The highest BCUT2D eigenvalue weighted by Crippen LogP contribution is 2.37. The molecule has 1 aliphatic heterocycles. The van der Waals surface area contributed by atoms with Crippen LogP contribution < -0.4 is 20.2 Å². The number of benzene rings is 2. The average molecular weight is 409 g/mol. The predicted octanol–water partition coefficient (Wildman–Crippen LogP) is 2.52. The lowest BCUT2D eigenvalue weighted by Gasteiger charge is -2.11. The largest absolute Gasteiger partial charge is 0.454 e. The molecule has 0 spiro atoms. The second-order valence-electron chi connectivity index (χ2n) is 6.40. The molecule has 0 aliphatic carbocycles. The van der Waals surface area contributed by atoms with Gasteiger partial charge in [0.25, 0.3) is 5.91 Å². The van der Waals surface area contributed by atoms with Crippen LogP contribution in [0.2, 0.25) is 0 Å². The molecular weight excluding hydrogens is 394 g/mol. The second-order valence-corrected chi connectivity index (χ2v) is 6.40. The third-order valence-corrected chi connectivity index (χ3v) is 4.34. The van der Waals surface area contributed by atoms with Crippen molar-refractivity contribution in [2.75, 3.05) is 18.7 Å². The predicted molar refractivity (Wildman–Crippen MR) is 104 cm³/mol. The van der Waals surface area contributed by atoms with Crippen molar-refractivity contribution >= 4 is 34.3 Å². The first-order valence-corrected chi connectivity index (χ1v) is 8.87. The summed E-state index contributed by atoms with van der Waals surface area (Å²) in [6, 6.07) is 10.4. The Kier molecular flexibility index (Phi) is 4.93. The molecule has 0 bridgehead atoms. The minimum atomic E-state index is -0.967. The van der Waals surface area contributed by atoms with Gasteiger partial charge in [0, 0.05) is 17.7 Å². The van der Waals surface area contributed by atoms with E-state index in [1.807, 2.05) is 0 Å². The van der Waals surface area contributed by atoms with Crippen molar-refractivity contribution in [2.45, 2.75) is 6.92 Å². The number of ether oxygens (including phenoxy) is 3. The van der Waals surface area contributed by atoms with Crippen molar-refractivity contribution < 1.29 is 33.0 Å². The van der Waals surface area contributed by atoms with Gasteiger partial charge >= 0.3 is 5.97 Å². The minimum absolute atomic E-state index is 0.0126. The Morgan fingerprint density at radius 1 is 1.07 bits per heavy atom. The third-order valence-electron chi connectivity index (χ3n) is 4.34. The smallest absolute Gasteiger partial charge is 0.374 e. The van der Waals surface area contributed by atoms with Crippen LogP contribution in [0.15, 0.2) is 51.7 Å². The van der Waals surface area contributed by atoms with Gasteiger partial charge < -0.3 is 23.9 Å². The number of rotatable bonds is 5. The fraction of sp³-hybridized carbons (Fsp3) is 0.143. The Morgan fingerprint density at radius 3 is 2.57 bits per heavy atom. The number of esters is 1. The van der Waals surface area contributed by atoms with Crippen molar-refractivity contribution in [1.29, 1.82) is 0 Å². The molecule has 0 fully saturated rings. The number of amides is 1. The molecule has 30 heavy (non-hydrogen) atoms. The molecule has 1 N–H and O–H groups in total. The number of nitrogens with one attached hydrogen (secondary N) is 1.